The Morgan fingerprint density at radius 2 is 1.74 bits per heavy atom. The molecule has 0 amide bonds. The minimum Gasteiger partial charge on any atom is -0.386 e. The van der Waals surface area contributed by atoms with Gasteiger partial charge >= 0.3 is 0 Å². The van der Waals surface area contributed by atoms with Crippen LogP contribution >= 0.6 is 0 Å². The number of hydrogen-bond donors (Lipinski definition) is 1. The van der Waals surface area contributed by atoms with Gasteiger partial charge in [0, 0.05) is 19.1 Å². The van der Waals surface area contributed by atoms with E-state index in [0.717, 1.165) is 25.7 Å². The lowest BCUT2D eigenvalue weighted by atomic mass is 9.99. The van der Waals surface area contributed by atoms with Gasteiger partial charge in [-0.25, -0.2) is 0 Å². The van der Waals surface area contributed by atoms with E-state index in [9.17, 15) is 5.11 Å². The number of aliphatic hydroxyl groups excluding tert-OH is 1. The Morgan fingerprint density at radius 1 is 1.13 bits per heavy atom. The van der Waals surface area contributed by atoms with Crippen molar-refractivity contribution < 1.29 is 14.6 Å². The Balaban J connectivity index is 2.07. The van der Waals surface area contributed by atoms with Crippen LogP contribution in [0.25, 0.3) is 0 Å². The molecule has 0 spiro atoms. The highest BCUT2D eigenvalue weighted by Crippen LogP contribution is 2.24. The van der Waals surface area contributed by atoms with E-state index in [1.54, 1.807) is 0 Å². The molecule has 1 N–H and O–H groups in total. The standard InChI is InChI=1S/C19H35NO3/c1-5-6-7-8-9-10-11-12-13-14-22-19-18(21)17(20(3)4)15-16(2)23-19/h1,16-19,21H,6-15H2,2-4H3. The number of ether oxygens (including phenoxy) is 2. The van der Waals surface area contributed by atoms with Crippen LogP contribution in [-0.4, -0.2) is 55.2 Å². The van der Waals surface area contributed by atoms with Gasteiger partial charge in [-0.1, -0.05) is 32.1 Å². The van der Waals surface area contributed by atoms with Crippen LogP contribution in [0.2, 0.25) is 0 Å². The number of terminal acetylenes is 1. The first-order valence-corrected chi connectivity index (χ1v) is 9.11. The summed E-state index contributed by atoms with van der Waals surface area (Å²) in [4.78, 5) is 2.06. The number of hydrogen-bond acceptors (Lipinski definition) is 4. The van der Waals surface area contributed by atoms with E-state index >= 15 is 0 Å². The van der Waals surface area contributed by atoms with Crippen molar-refractivity contribution in [3.8, 4) is 12.3 Å². The molecule has 1 aliphatic heterocycles. The van der Waals surface area contributed by atoms with Gasteiger partial charge in [-0.15, -0.1) is 12.3 Å². The van der Waals surface area contributed by atoms with Gasteiger partial charge in [0.05, 0.1) is 6.10 Å². The Bertz CT molecular complexity index is 340. The first kappa shape index (κ1) is 20.4. The summed E-state index contributed by atoms with van der Waals surface area (Å²) in [5.41, 5.74) is 0. The zero-order valence-corrected chi connectivity index (χ0v) is 15.2. The average Bonchev–Trinajstić information content (AvgIpc) is 2.51. The third-order valence-electron chi connectivity index (χ3n) is 4.52. The van der Waals surface area contributed by atoms with Crippen LogP contribution in [-0.2, 0) is 9.47 Å². The van der Waals surface area contributed by atoms with Crippen molar-refractivity contribution in [1.29, 1.82) is 0 Å². The molecular formula is C19H35NO3. The maximum Gasteiger partial charge on any atom is 0.185 e. The van der Waals surface area contributed by atoms with Gasteiger partial charge in [0.25, 0.3) is 0 Å². The average molecular weight is 325 g/mol. The van der Waals surface area contributed by atoms with Gasteiger partial charge in [-0.2, -0.15) is 0 Å². The monoisotopic (exact) mass is 325 g/mol. The normalized spacial score (nSPS) is 28.0. The molecule has 0 bridgehead atoms. The van der Waals surface area contributed by atoms with E-state index in [4.69, 9.17) is 15.9 Å². The first-order valence-electron chi connectivity index (χ1n) is 9.11. The zero-order valence-electron chi connectivity index (χ0n) is 15.2. The molecule has 23 heavy (non-hydrogen) atoms. The fourth-order valence-electron chi connectivity index (χ4n) is 3.09. The summed E-state index contributed by atoms with van der Waals surface area (Å²) >= 11 is 0. The number of likely N-dealkylation sites (N-methyl/N-ethyl adjacent to an activating group) is 1. The molecule has 4 atom stereocenters. The quantitative estimate of drug-likeness (QED) is 0.468. The van der Waals surface area contributed by atoms with Gasteiger partial charge in [0.2, 0.25) is 0 Å². The van der Waals surface area contributed by atoms with Gasteiger partial charge < -0.3 is 19.5 Å². The molecule has 0 saturated carbocycles. The van der Waals surface area contributed by atoms with E-state index in [1.807, 2.05) is 21.0 Å². The molecule has 1 saturated heterocycles. The summed E-state index contributed by atoms with van der Waals surface area (Å²) in [6, 6.07) is 0.103. The zero-order chi connectivity index (χ0) is 17.1. The van der Waals surface area contributed by atoms with Crippen LogP contribution in [0.15, 0.2) is 0 Å². The second-order valence-electron chi connectivity index (χ2n) is 6.87. The van der Waals surface area contributed by atoms with E-state index in [0.29, 0.717) is 6.61 Å². The molecular weight excluding hydrogens is 290 g/mol. The topological polar surface area (TPSA) is 41.9 Å². The lowest BCUT2D eigenvalue weighted by Gasteiger charge is -2.40. The summed E-state index contributed by atoms with van der Waals surface area (Å²) < 4.78 is 11.5. The van der Waals surface area contributed by atoms with Gasteiger partial charge in [0.1, 0.15) is 6.10 Å². The third kappa shape index (κ3) is 8.17. The highest BCUT2D eigenvalue weighted by Gasteiger charge is 2.37. The number of unbranched alkanes of at least 4 members (excludes halogenated alkanes) is 7. The summed E-state index contributed by atoms with van der Waals surface area (Å²) in [5, 5.41) is 10.4. The van der Waals surface area contributed by atoms with Crippen molar-refractivity contribution in [3.05, 3.63) is 0 Å². The summed E-state index contributed by atoms with van der Waals surface area (Å²) in [5.74, 6) is 2.68. The van der Waals surface area contributed by atoms with Crippen LogP contribution in [0.3, 0.4) is 0 Å². The van der Waals surface area contributed by atoms with Crippen LogP contribution in [0.1, 0.15) is 64.7 Å². The Morgan fingerprint density at radius 3 is 2.35 bits per heavy atom. The SMILES string of the molecule is C#CCCCCCCCCCOC1OC(C)CC(N(C)C)C1O. The smallest absolute Gasteiger partial charge is 0.185 e. The van der Waals surface area contributed by atoms with Crippen LogP contribution < -0.4 is 0 Å². The molecule has 4 heteroatoms. The molecule has 0 radical (unpaired) electrons. The molecule has 1 rings (SSSR count). The van der Waals surface area contributed by atoms with Crippen molar-refractivity contribution in [2.45, 2.75) is 89.3 Å². The second kappa shape index (κ2) is 11.9. The van der Waals surface area contributed by atoms with Crippen molar-refractivity contribution in [3.63, 3.8) is 0 Å². The van der Waals surface area contributed by atoms with Crippen molar-refractivity contribution >= 4 is 0 Å². The molecule has 0 aromatic carbocycles. The van der Waals surface area contributed by atoms with Crippen LogP contribution in [0.5, 0.6) is 0 Å². The van der Waals surface area contributed by atoms with Crippen molar-refractivity contribution in [2.24, 2.45) is 0 Å². The molecule has 0 aromatic rings. The third-order valence-corrected chi connectivity index (χ3v) is 4.52. The second-order valence-corrected chi connectivity index (χ2v) is 6.87. The Labute approximate surface area is 142 Å². The minimum atomic E-state index is -0.572. The lowest BCUT2D eigenvalue weighted by Crippen LogP contribution is -2.54. The molecule has 134 valence electrons. The number of rotatable bonds is 11. The highest BCUT2D eigenvalue weighted by atomic mass is 16.7. The largest absolute Gasteiger partial charge is 0.386 e. The van der Waals surface area contributed by atoms with Crippen LogP contribution in [0, 0.1) is 12.3 Å². The van der Waals surface area contributed by atoms with Crippen molar-refractivity contribution in [2.75, 3.05) is 20.7 Å². The highest BCUT2D eigenvalue weighted by molar-refractivity contribution is 4.85. The van der Waals surface area contributed by atoms with E-state index in [2.05, 4.69) is 10.8 Å². The minimum absolute atomic E-state index is 0.103. The van der Waals surface area contributed by atoms with E-state index in [1.165, 1.54) is 32.1 Å². The summed E-state index contributed by atoms with van der Waals surface area (Å²) in [6.07, 6.45) is 14.4. The Kier molecular flexibility index (Phi) is 10.5. The van der Waals surface area contributed by atoms with E-state index < -0.39 is 12.4 Å². The summed E-state index contributed by atoms with van der Waals surface area (Å²) in [7, 11) is 3.99. The van der Waals surface area contributed by atoms with Crippen molar-refractivity contribution in [1.82, 2.24) is 4.90 Å². The first-order chi connectivity index (χ1) is 11.1. The lowest BCUT2D eigenvalue weighted by molar-refractivity contribution is -0.252. The predicted molar refractivity (Wildman–Crippen MR) is 94.2 cm³/mol. The maximum absolute atomic E-state index is 10.4. The maximum atomic E-state index is 10.4. The molecule has 1 aliphatic rings. The number of aliphatic hydroxyl groups is 1. The van der Waals surface area contributed by atoms with Gasteiger partial charge in [0.15, 0.2) is 6.29 Å². The van der Waals surface area contributed by atoms with E-state index in [-0.39, 0.29) is 12.1 Å². The fraction of sp³-hybridized carbons (Fsp3) is 0.895. The molecule has 0 aliphatic carbocycles. The molecule has 1 fully saturated rings. The number of nitrogens with zero attached hydrogens (tertiary/aromatic N) is 1. The summed E-state index contributed by atoms with van der Waals surface area (Å²) in [6.45, 7) is 2.70. The van der Waals surface area contributed by atoms with Gasteiger partial charge in [-0.3, -0.25) is 0 Å². The molecule has 1 heterocycles. The molecule has 4 unspecified atom stereocenters. The Hall–Kier alpha value is -0.600. The van der Waals surface area contributed by atoms with Gasteiger partial charge in [-0.05, 0) is 40.3 Å². The molecule has 4 nitrogen and oxygen atoms in total. The van der Waals surface area contributed by atoms with Crippen LogP contribution in [0.4, 0.5) is 0 Å². The molecule has 0 aromatic heterocycles. The fourth-order valence-corrected chi connectivity index (χ4v) is 3.09. The predicted octanol–water partition coefficient (Wildman–Crippen LogP) is 3.18.